The zero-order chi connectivity index (χ0) is 14.7. The van der Waals surface area contributed by atoms with Crippen LogP contribution < -0.4 is 15.2 Å². The molecule has 1 atom stereocenters. The number of nitrogens with two attached hydrogens (primary N) is 1. The summed E-state index contributed by atoms with van der Waals surface area (Å²) < 4.78 is 10.5. The molecule has 1 aromatic rings. The first-order chi connectivity index (χ1) is 9.56. The van der Waals surface area contributed by atoms with Gasteiger partial charge in [-0.25, -0.2) is 0 Å². The first kappa shape index (κ1) is 14.7. The van der Waals surface area contributed by atoms with Gasteiger partial charge in [0.1, 0.15) is 0 Å². The van der Waals surface area contributed by atoms with Crippen molar-refractivity contribution in [2.75, 3.05) is 27.3 Å². The summed E-state index contributed by atoms with van der Waals surface area (Å²) in [7, 11) is 3.15. The normalized spacial score (nSPS) is 18.8. The number of rotatable bonds is 3. The molecule has 0 aliphatic carbocycles. The van der Waals surface area contributed by atoms with E-state index in [9.17, 15) is 4.79 Å². The zero-order valence-corrected chi connectivity index (χ0v) is 12.3. The van der Waals surface area contributed by atoms with Crippen molar-refractivity contribution in [2.45, 2.75) is 25.8 Å². The molecule has 1 aliphatic heterocycles. The third kappa shape index (κ3) is 2.88. The largest absolute Gasteiger partial charge is 0.493 e. The molecule has 2 N–H and O–H groups in total. The topological polar surface area (TPSA) is 64.8 Å². The Morgan fingerprint density at radius 1 is 1.30 bits per heavy atom. The number of aryl methyl sites for hydroxylation is 1. The number of ether oxygens (including phenoxy) is 2. The van der Waals surface area contributed by atoms with Crippen LogP contribution in [0.15, 0.2) is 12.1 Å². The predicted molar refractivity (Wildman–Crippen MR) is 77.4 cm³/mol. The molecular weight excluding hydrogens is 256 g/mol. The standard InChI is InChI=1S/C15H22N2O3/c1-10-7-13(19-2)14(20-3)8-12(10)15(18)17-6-4-5-11(16)9-17/h7-8,11H,4-6,9,16H2,1-3H3. The van der Waals surface area contributed by atoms with Crippen molar-refractivity contribution in [3.8, 4) is 11.5 Å². The molecule has 5 heteroatoms. The number of hydrogen-bond donors (Lipinski definition) is 1. The molecule has 0 aromatic heterocycles. The van der Waals surface area contributed by atoms with E-state index in [1.54, 1.807) is 20.3 Å². The summed E-state index contributed by atoms with van der Waals surface area (Å²) in [5.74, 6) is 1.22. The van der Waals surface area contributed by atoms with Gasteiger partial charge in [-0.2, -0.15) is 0 Å². The molecule has 5 nitrogen and oxygen atoms in total. The van der Waals surface area contributed by atoms with Crippen molar-refractivity contribution < 1.29 is 14.3 Å². The minimum absolute atomic E-state index is 0.0126. The summed E-state index contributed by atoms with van der Waals surface area (Å²) in [6, 6.07) is 3.65. The van der Waals surface area contributed by atoms with Crippen molar-refractivity contribution in [1.29, 1.82) is 0 Å². The van der Waals surface area contributed by atoms with Crippen molar-refractivity contribution in [3.05, 3.63) is 23.3 Å². The second kappa shape index (κ2) is 6.13. The van der Waals surface area contributed by atoms with E-state index in [0.29, 0.717) is 23.6 Å². The summed E-state index contributed by atoms with van der Waals surface area (Å²) in [5.41, 5.74) is 7.47. The number of piperidine rings is 1. The van der Waals surface area contributed by atoms with Crippen LogP contribution in [0.25, 0.3) is 0 Å². The molecule has 1 unspecified atom stereocenters. The minimum atomic E-state index is 0.0126. The lowest BCUT2D eigenvalue weighted by Gasteiger charge is -2.31. The fourth-order valence-electron chi connectivity index (χ4n) is 2.58. The SMILES string of the molecule is COc1cc(C)c(C(=O)N2CCCC(N)C2)cc1OC. The molecule has 1 saturated heterocycles. The van der Waals surface area contributed by atoms with Crippen LogP contribution >= 0.6 is 0 Å². The van der Waals surface area contributed by atoms with Gasteiger partial charge in [-0.05, 0) is 37.5 Å². The Morgan fingerprint density at radius 2 is 1.95 bits per heavy atom. The van der Waals surface area contributed by atoms with E-state index < -0.39 is 0 Å². The van der Waals surface area contributed by atoms with Gasteiger partial charge in [-0.3, -0.25) is 4.79 Å². The zero-order valence-electron chi connectivity index (χ0n) is 12.3. The predicted octanol–water partition coefficient (Wildman–Crippen LogP) is 1.58. The Bertz CT molecular complexity index is 502. The van der Waals surface area contributed by atoms with Crippen LogP contribution in [0.4, 0.5) is 0 Å². The molecule has 0 bridgehead atoms. The summed E-state index contributed by atoms with van der Waals surface area (Å²) in [5, 5.41) is 0. The molecule has 0 spiro atoms. The Hall–Kier alpha value is -1.75. The maximum atomic E-state index is 12.6. The summed E-state index contributed by atoms with van der Waals surface area (Å²) in [6.07, 6.45) is 1.94. The second-order valence-electron chi connectivity index (χ2n) is 5.18. The average Bonchev–Trinajstić information content (AvgIpc) is 2.46. The van der Waals surface area contributed by atoms with Gasteiger partial charge in [0.25, 0.3) is 5.91 Å². The Kier molecular flexibility index (Phi) is 4.49. The maximum absolute atomic E-state index is 12.6. The molecule has 0 radical (unpaired) electrons. The van der Waals surface area contributed by atoms with Gasteiger partial charge in [0.15, 0.2) is 11.5 Å². The number of carbonyl (C=O) groups is 1. The van der Waals surface area contributed by atoms with Gasteiger partial charge in [0.05, 0.1) is 14.2 Å². The van der Waals surface area contributed by atoms with Gasteiger partial charge < -0.3 is 20.1 Å². The number of amides is 1. The number of benzene rings is 1. The number of hydrogen-bond acceptors (Lipinski definition) is 4. The number of nitrogens with zero attached hydrogens (tertiary/aromatic N) is 1. The van der Waals surface area contributed by atoms with E-state index in [4.69, 9.17) is 15.2 Å². The number of likely N-dealkylation sites (tertiary alicyclic amines) is 1. The molecular formula is C15H22N2O3. The van der Waals surface area contributed by atoms with E-state index in [1.165, 1.54) is 0 Å². The smallest absolute Gasteiger partial charge is 0.254 e. The molecule has 110 valence electrons. The van der Waals surface area contributed by atoms with Crippen LogP contribution in [0.5, 0.6) is 11.5 Å². The average molecular weight is 278 g/mol. The fourth-order valence-corrected chi connectivity index (χ4v) is 2.58. The highest BCUT2D eigenvalue weighted by Crippen LogP contribution is 2.31. The van der Waals surface area contributed by atoms with E-state index in [2.05, 4.69) is 0 Å². The van der Waals surface area contributed by atoms with Gasteiger partial charge >= 0.3 is 0 Å². The highest BCUT2D eigenvalue weighted by atomic mass is 16.5. The van der Waals surface area contributed by atoms with E-state index in [0.717, 1.165) is 24.9 Å². The number of carbonyl (C=O) groups excluding carboxylic acids is 1. The number of methoxy groups -OCH3 is 2. The molecule has 1 aromatic carbocycles. The lowest BCUT2D eigenvalue weighted by molar-refractivity contribution is 0.0707. The molecule has 1 heterocycles. The van der Waals surface area contributed by atoms with Crippen LogP contribution in [0, 0.1) is 6.92 Å². The van der Waals surface area contributed by atoms with Crippen LogP contribution in [0.2, 0.25) is 0 Å². The highest BCUT2D eigenvalue weighted by Gasteiger charge is 2.24. The lowest BCUT2D eigenvalue weighted by Crippen LogP contribution is -2.45. The van der Waals surface area contributed by atoms with Crippen molar-refractivity contribution in [2.24, 2.45) is 5.73 Å². The maximum Gasteiger partial charge on any atom is 0.254 e. The lowest BCUT2D eigenvalue weighted by atomic mass is 10.0. The first-order valence-electron chi connectivity index (χ1n) is 6.84. The summed E-state index contributed by atoms with van der Waals surface area (Å²) >= 11 is 0. The molecule has 0 saturated carbocycles. The molecule has 1 aliphatic rings. The van der Waals surface area contributed by atoms with Gasteiger partial charge in [-0.15, -0.1) is 0 Å². The molecule has 1 fully saturated rings. The van der Waals surface area contributed by atoms with Crippen LogP contribution in [-0.2, 0) is 0 Å². The Morgan fingerprint density at radius 3 is 2.55 bits per heavy atom. The molecule has 20 heavy (non-hydrogen) atoms. The summed E-state index contributed by atoms with van der Waals surface area (Å²) in [4.78, 5) is 14.4. The molecule has 1 amide bonds. The third-order valence-electron chi connectivity index (χ3n) is 3.71. The highest BCUT2D eigenvalue weighted by molar-refractivity contribution is 5.96. The fraction of sp³-hybridized carbons (Fsp3) is 0.533. The quantitative estimate of drug-likeness (QED) is 0.911. The first-order valence-corrected chi connectivity index (χ1v) is 6.84. The second-order valence-corrected chi connectivity index (χ2v) is 5.18. The van der Waals surface area contributed by atoms with E-state index in [-0.39, 0.29) is 11.9 Å². The Balaban J connectivity index is 2.29. The third-order valence-corrected chi connectivity index (χ3v) is 3.71. The van der Waals surface area contributed by atoms with Crippen LogP contribution in [0.1, 0.15) is 28.8 Å². The monoisotopic (exact) mass is 278 g/mol. The van der Waals surface area contributed by atoms with Gasteiger partial charge in [0.2, 0.25) is 0 Å². The van der Waals surface area contributed by atoms with Gasteiger partial charge in [-0.1, -0.05) is 0 Å². The van der Waals surface area contributed by atoms with Crippen molar-refractivity contribution in [3.63, 3.8) is 0 Å². The van der Waals surface area contributed by atoms with E-state index >= 15 is 0 Å². The van der Waals surface area contributed by atoms with Crippen molar-refractivity contribution in [1.82, 2.24) is 4.90 Å². The van der Waals surface area contributed by atoms with Crippen LogP contribution in [-0.4, -0.2) is 44.2 Å². The minimum Gasteiger partial charge on any atom is -0.493 e. The molecule has 2 rings (SSSR count). The van der Waals surface area contributed by atoms with Crippen LogP contribution in [0.3, 0.4) is 0 Å². The van der Waals surface area contributed by atoms with Gasteiger partial charge in [0, 0.05) is 24.7 Å². The van der Waals surface area contributed by atoms with Crippen molar-refractivity contribution >= 4 is 5.91 Å². The van der Waals surface area contributed by atoms with E-state index in [1.807, 2.05) is 17.9 Å². The Labute approximate surface area is 119 Å². The summed E-state index contributed by atoms with van der Waals surface area (Å²) in [6.45, 7) is 3.28.